The van der Waals surface area contributed by atoms with E-state index >= 15 is 0 Å². The maximum atomic E-state index is 12.7. The number of nitrogens with zero attached hydrogens (tertiary/aromatic N) is 1. The Labute approximate surface area is 149 Å². The van der Waals surface area contributed by atoms with Crippen molar-refractivity contribution >= 4 is 18.3 Å². The van der Waals surface area contributed by atoms with Gasteiger partial charge in [0.1, 0.15) is 12.4 Å². The van der Waals surface area contributed by atoms with Crippen LogP contribution in [0.2, 0.25) is 0 Å². The van der Waals surface area contributed by atoms with Crippen LogP contribution in [-0.4, -0.2) is 49.8 Å². The molecule has 0 radical (unpaired) electrons. The molecule has 5 nitrogen and oxygen atoms in total. The van der Waals surface area contributed by atoms with Gasteiger partial charge >= 0.3 is 0 Å². The Hall–Kier alpha value is -1.30. The van der Waals surface area contributed by atoms with Crippen LogP contribution >= 0.6 is 12.4 Å². The molecule has 2 N–H and O–H groups in total. The van der Waals surface area contributed by atoms with E-state index in [2.05, 4.69) is 6.92 Å². The maximum absolute atomic E-state index is 12.7. The predicted octanol–water partition coefficient (Wildman–Crippen LogP) is 2.48. The van der Waals surface area contributed by atoms with E-state index in [-0.39, 0.29) is 29.8 Å². The number of likely N-dealkylation sites (tertiary alicyclic amines) is 1. The van der Waals surface area contributed by atoms with Gasteiger partial charge in [-0.15, -0.1) is 12.4 Å². The number of carbonyl (C=O) groups excluding carboxylic acids is 1. The standard InChI is InChI=1S/C18H26N2O3.ClH/c1-18(12-19)7-8-20(13-18)17(21)14-4-2-5-15(10-14)23-11-16-6-3-9-22-16;/h2,4-5,10,16H,3,6-9,11-13,19H2,1H3;1H. The van der Waals surface area contributed by atoms with Crippen molar-refractivity contribution in [1.82, 2.24) is 4.90 Å². The number of rotatable bonds is 5. The van der Waals surface area contributed by atoms with E-state index < -0.39 is 0 Å². The van der Waals surface area contributed by atoms with E-state index in [0.717, 1.165) is 44.7 Å². The minimum absolute atomic E-state index is 0. The van der Waals surface area contributed by atoms with Gasteiger partial charge in [0.25, 0.3) is 5.91 Å². The summed E-state index contributed by atoms with van der Waals surface area (Å²) in [6, 6.07) is 7.44. The number of carbonyl (C=O) groups is 1. The number of amides is 1. The molecule has 2 aliphatic heterocycles. The summed E-state index contributed by atoms with van der Waals surface area (Å²) in [5, 5.41) is 0. The summed E-state index contributed by atoms with van der Waals surface area (Å²) in [6.45, 7) is 5.62. The second kappa shape index (κ2) is 8.19. The summed E-state index contributed by atoms with van der Waals surface area (Å²) in [5.41, 5.74) is 6.54. The van der Waals surface area contributed by atoms with Crippen LogP contribution in [0.4, 0.5) is 0 Å². The first-order valence-corrected chi connectivity index (χ1v) is 8.43. The molecule has 3 rings (SSSR count). The Morgan fingerprint density at radius 1 is 1.50 bits per heavy atom. The van der Waals surface area contributed by atoms with Gasteiger partial charge in [-0.3, -0.25) is 4.79 Å². The molecule has 1 amide bonds. The highest BCUT2D eigenvalue weighted by Crippen LogP contribution is 2.30. The van der Waals surface area contributed by atoms with Crippen molar-refractivity contribution in [2.24, 2.45) is 11.1 Å². The largest absolute Gasteiger partial charge is 0.491 e. The first kappa shape index (κ1) is 19.0. The molecular formula is C18H27ClN2O3. The van der Waals surface area contributed by atoms with E-state index in [1.54, 1.807) is 0 Å². The van der Waals surface area contributed by atoms with Gasteiger partial charge in [0, 0.05) is 25.3 Å². The van der Waals surface area contributed by atoms with E-state index in [1.807, 2.05) is 29.2 Å². The highest BCUT2D eigenvalue weighted by molar-refractivity contribution is 5.94. The lowest BCUT2D eigenvalue weighted by atomic mass is 9.90. The normalized spacial score (nSPS) is 26.2. The van der Waals surface area contributed by atoms with Crippen LogP contribution in [0.25, 0.3) is 0 Å². The quantitative estimate of drug-likeness (QED) is 0.882. The predicted molar refractivity (Wildman–Crippen MR) is 95.8 cm³/mol. The molecule has 2 aliphatic rings. The molecule has 2 fully saturated rings. The second-order valence-electron chi connectivity index (χ2n) is 6.97. The molecule has 2 saturated heterocycles. The fourth-order valence-electron chi connectivity index (χ4n) is 3.23. The third kappa shape index (κ3) is 4.41. The third-order valence-corrected chi connectivity index (χ3v) is 4.88. The molecule has 1 aromatic carbocycles. The molecule has 6 heteroatoms. The van der Waals surface area contributed by atoms with Gasteiger partial charge in [-0.1, -0.05) is 13.0 Å². The number of nitrogens with two attached hydrogens (primary N) is 1. The van der Waals surface area contributed by atoms with Crippen molar-refractivity contribution < 1.29 is 14.3 Å². The van der Waals surface area contributed by atoms with Gasteiger partial charge in [-0.2, -0.15) is 0 Å². The Morgan fingerprint density at radius 2 is 2.33 bits per heavy atom. The van der Waals surface area contributed by atoms with Gasteiger partial charge in [-0.25, -0.2) is 0 Å². The summed E-state index contributed by atoms with van der Waals surface area (Å²) in [5.74, 6) is 0.789. The Kier molecular flexibility index (Phi) is 6.49. The monoisotopic (exact) mass is 354 g/mol. The smallest absolute Gasteiger partial charge is 0.254 e. The lowest BCUT2D eigenvalue weighted by Gasteiger charge is -2.22. The van der Waals surface area contributed by atoms with Crippen molar-refractivity contribution in [3.05, 3.63) is 29.8 Å². The van der Waals surface area contributed by atoms with Crippen molar-refractivity contribution in [2.45, 2.75) is 32.3 Å². The highest BCUT2D eigenvalue weighted by Gasteiger charge is 2.35. The minimum Gasteiger partial charge on any atom is -0.491 e. The van der Waals surface area contributed by atoms with Crippen LogP contribution in [0.1, 0.15) is 36.5 Å². The molecule has 1 aromatic rings. The van der Waals surface area contributed by atoms with E-state index in [0.29, 0.717) is 18.7 Å². The fraction of sp³-hybridized carbons (Fsp3) is 0.611. The minimum atomic E-state index is 0. The number of benzene rings is 1. The van der Waals surface area contributed by atoms with Crippen LogP contribution in [-0.2, 0) is 4.74 Å². The van der Waals surface area contributed by atoms with Crippen molar-refractivity contribution in [3.63, 3.8) is 0 Å². The summed E-state index contributed by atoms with van der Waals surface area (Å²) in [4.78, 5) is 14.6. The molecule has 2 unspecified atom stereocenters. The lowest BCUT2D eigenvalue weighted by molar-refractivity contribution is 0.0678. The Balaban J connectivity index is 0.00000208. The number of hydrogen-bond donors (Lipinski definition) is 1. The van der Waals surface area contributed by atoms with Gasteiger partial charge in [0.05, 0.1) is 6.10 Å². The summed E-state index contributed by atoms with van der Waals surface area (Å²) < 4.78 is 11.3. The van der Waals surface area contributed by atoms with Crippen LogP contribution < -0.4 is 10.5 Å². The van der Waals surface area contributed by atoms with Crippen molar-refractivity contribution in [1.29, 1.82) is 0 Å². The fourth-order valence-corrected chi connectivity index (χ4v) is 3.23. The van der Waals surface area contributed by atoms with Gasteiger partial charge in [0.15, 0.2) is 0 Å². The molecule has 134 valence electrons. The first-order valence-electron chi connectivity index (χ1n) is 8.43. The van der Waals surface area contributed by atoms with Gasteiger partial charge in [0.2, 0.25) is 0 Å². The second-order valence-corrected chi connectivity index (χ2v) is 6.97. The summed E-state index contributed by atoms with van der Waals surface area (Å²) in [7, 11) is 0. The molecular weight excluding hydrogens is 328 g/mol. The third-order valence-electron chi connectivity index (χ3n) is 4.88. The van der Waals surface area contributed by atoms with Crippen LogP contribution in [0.15, 0.2) is 24.3 Å². The molecule has 24 heavy (non-hydrogen) atoms. The SMILES string of the molecule is CC1(CN)CCN(C(=O)c2cccc(OCC3CCCO3)c2)C1.Cl. The zero-order valence-corrected chi connectivity index (χ0v) is 15.0. The Morgan fingerprint density at radius 3 is 3.00 bits per heavy atom. The van der Waals surface area contributed by atoms with E-state index in [1.165, 1.54) is 0 Å². The van der Waals surface area contributed by atoms with Gasteiger partial charge in [-0.05, 0) is 49.4 Å². The summed E-state index contributed by atoms with van der Waals surface area (Å²) in [6.07, 6.45) is 3.29. The molecule has 0 aliphatic carbocycles. The highest BCUT2D eigenvalue weighted by atomic mass is 35.5. The zero-order chi connectivity index (χ0) is 16.3. The Bertz CT molecular complexity index is 563. The van der Waals surface area contributed by atoms with E-state index in [4.69, 9.17) is 15.2 Å². The number of halogens is 1. The van der Waals surface area contributed by atoms with Crippen LogP contribution in [0.5, 0.6) is 5.75 Å². The topological polar surface area (TPSA) is 64.8 Å². The van der Waals surface area contributed by atoms with E-state index in [9.17, 15) is 4.79 Å². The molecule has 2 heterocycles. The van der Waals surface area contributed by atoms with Crippen molar-refractivity contribution in [2.75, 3.05) is 32.8 Å². The number of hydrogen-bond acceptors (Lipinski definition) is 4. The van der Waals surface area contributed by atoms with Gasteiger partial charge < -0.3 is 20.1 Å². The van der Waals surface area contributed by atoms with Crippen molar-refractivity contribution in [3.8, 4) is 5.75 Å². The molecule has 2 atom stereocenters. The maximum Gasteiger partial charge on any atom is 0.254 e. The van der Waals surface area contributed by atoms with Crippen LogP contribution in [0, 0.1) is 5.41 Å². The molecule has 0 aromatic heterocycles. The average Bonchev–Trinajstić information content (AvgIpc) is 3.23. The zero-order valence-electron chi connectivity index (χ0n) is 14.2. The average molecular weight is 355 g/mol. The first-order chi connectivity index (χ1) is 11.1. The summed E-state index contributed by atoms with van der Waals surface area (Å²) >= 11 is 0. The van der Waals surface area contributed by atoms with Crippen LogP contribution in [0.3, 0.4) is 0 Å². The molecule has 0 spiro atoms. The lowest BCUT2D eigenvalue weighted by Crippen LogP contribution is -2.34. The number of ether oxygens (including phenoxy) is 2. The molecule has 0 saturated carbocycles. The molecule has 0 bridgehead atoms.